The van der Waals surface area contributed by atoms with E-state index in [1.165, 1.54) is 25.3 Å². The molecule has 2 aliphatic rings. The molecule has 31 heavy (non-hydrogen) atoms. The number of rotatable bonds is 4. The Kier molecular flexibility index (Phi) is 5.02. The summed E-state index contributed by atoms with van der Waals surface area (Å²) in [6, 6.07) is 16.4. The molecule has 1 saturated heterocycles. The van der Waals surface area contributed by atoms with Crippen molar-refractivity contribution in [2.75, 3.05) is 28.6 Å². The second-order valence-electron chi connectivity index (χ2n) is 8.42. The van der Waals surface area contributed by atoms with E-state index in [2.05, 4.69) is 54.8 Å². The summed E-state index contributed by atoms with van der Waals surface area (Å²) in [5, 5.41) is 6.00. The second-order valence-corrected chi connectivity index (χ2v) is 8.42. The highest BCUT2D eigenvalue weighted by Gasteiger charge is 2.41. The van der Waals surface area contributed by atoms with E-state index >= 15 is 0 Å². The topological polar surface area (TPSA) is 83.0 Å². The number of nitrogens with zero attached hydrogens (tertiary/aromatic N) is 4. The summed E-state index contributed by atoms with van der Waals surface area (Å²) < 4.78 is 0. The van der Waals surface area contributed by atoms with E-state index in [-0.39, 0.29) is 5.91 Å². The Morgan fingerprint density at radius 3 is 2.65 bits per heavy atom. The Balaban J connectivity index is 1.28. The van der Waals surface area contributed by atoms with Gasteiger partial charge in [-0.1, -0.05) is 30.3 Å². The fourth-order valence-corrected chi connectivity index (χ4v) is 4.93. The summed E-state index contributed by atoms with van der Waals surface area (Å²) in [5.41, 5.74) is 4.91. The Morgan fingerprint density at radius 1 is 1.00 bits per heavy atom. The number of benzene rings is 2. The lowest BCUT2D eigenvalue weighted by molar-refractivity contribution is -0.114. The fourth-order valence-electron chi connectivity index (χ4n) is 4.93. The molecule has 3 aromatic rings. The van der Waals surface area contributed by atoms with Gasteiger partial charge in [0.25, 0.3) is 0 Å². The van der Waals surface area contributed by atoms with Crippen LogP contribution in [0.1, 0.15) is 37.3 Å². The van der Waals surface area contributed by atoms with Crippen LogP contribution in [0.15, 0.2) is 54.9 Å². The average molecular weight is 415 g/mol. The molecule has 1 fully saturated rings. The number of hydrogen-bond donors (Lipinski definition) is 2. The number of fused-ring (bicyclic) bond motifs is 2. The predicted molar refractivity (Wildman–Crippen MR) is 122 cm³/mol. The van der Waals surface area contributed by atoms with Crippen molar-refractivity contribution in [1.29, 1.82) is 0 Å². The maximum atomic E-state index is 11.3. The molecule has 158 valence electrons. The summed E-state index contributed by atoms with van der Waals surface area (Å²) in [5.74, 6) is 1.10. The van der Waals surface area contributed by atoms with Crippen LogP contribution in [-0.2, 0) is 16.6 Å². The molecule has 1 aromatic heterocycles. The van der Waals surface area contributed by atoms with E-state index in [1.54, 1.807) is 11.9 Å². The van der Waals surface area contributed by atoms with Crippen molar-refractivity contribution < 1.29 is 4.79 Å². The lowest BCUT2D eigenvalue weighted by Crippen LogP contribution is -2.42. The van der Waals surface area contributed by atoms with Crippen LogP contribution in [0.25, 0.3) is 0 Å². The van der Waals surface area contributed by atoms with Crippen molar-refractivity contribution >= 4 is 29.2 Å². The van der Waals surface area contributed by atoms with Crippen LogP contribution in [0.3, 0.4) is 0 Å². The maximum Gasteiger partial charge on any atom is 0.231 e. The summed E-state index contributed by atoms with van der Waals surface area (Å²) in [6.07, 6.45) is 6.23. The summed E-state index contributed by atoms with van der Waals surface area (Å²) in [7, 11) is 0. The lowest BCUT2D eigenvalue weighted by Gasteiger charge is -2.40. The number of nitrogens with one attached hydrogen (secondary N) is 2. The van der Waals surface area contributed by atoms with Crippen LogP contribution in [0, 0.1) is 0 Å². The minimum Gasteiger partial charge on any atom is -0.341 e. The molecule has 7 nitrogen and oxygen atoms in total. The first-order valence-corrected chi connectivity index (χ1v) is 10.8. The predicted octanol–water partition coefficient (Wildman–Crippen LogP) is 4.06. The standard InChI is InChI=1S/C24H26N6O/c1-17(31)27-19-6-4-7-20(15-19)28-22-25-16-26-23(29-22)30-13-11-24(12-14-30)10-9-18-5-2-3-8-21(18)24/h2-8,15-16H,9-14H2,1H3,(H,27,31)(H,25,26,28,29). The Bertz CT molecular complexity index is 1110. The molecule has 7 heteroatoms. The number of aryl methyl sites for hydroxylation is 1. The largest absolute Gasteiger partial charge is 0.341 e. The van der Waals surface area contributed by atoms with Crippen LogP contribution >= 0.6 is 0 Å². The van der Waals surface area contributed by atoms with Crippen LogP contribution in [0.5, 0.6) is 0 Å². The molecule has 2 heterocycles. The van der Waals surface area contributed by atoms with Gasteiger partial charge in [-0.25, -0.2) is 9.97 Å². The number of carbonyl (C=O) groups excluding carboxylic acids is 1. The van der Waals surface area contributed by atoms with Crippen LogP contribution in [-0.4, -0.2) is 33.9 Å². The number of carbonyl (C=O) groups is 1. The number of piperidine rings is 1. The van der Waals surface area contributed by atoms with Gasteiger partial charge in [0.05, 0.1) is 0 Å². The van der Waals surface area contributed by atoms with Crippen LogP contribution < -0.4 is 15.5 Å². The van der Waals surface area contributed by atoms with Crippen molar-refractivity contribution in [3.8, 4) is 0 Å². The van der Waals surface area contributed by atoms with Gasteiger partial charge >= 0.3 is 0 Å². The van der Waals surface area contributed by atoms with Gasteiger partial charge in [0.2, 0.25) is 17.8 Å². The van der Waals surface area contributed by atoms with E-state index < -0.39 is 0 Å². The third-order valence-corrected chi connectivity index (χ3v) is 6.46. The molecule has 0 bridgehead atoms. The van der Waals surface area contributed by atoms with E-state index in [1.807, 2.05) is 24.3 Å². The molecule has 2 N–H and O–H groups in total. The zero-order valence-electron chi connectivity index (χ0n) is 17.6. The summed E-state index contributed by atoms with van der Waals surface area (Å²) in [6.45, 7) is 3.37. The molecule has 1 amide bonds. The first-order chi connectivity index (χ1) is 15.1. The maximum absolute atomic E-state index is 11.3. The SMILES string of the molecule is CC(=O)Nc1cccc(Nc2ncnc(N3CCC4(CCc5ccccc54)CC3)n2)c1. The Labute approximate surface area is 181 Å². The minimum absolute atomic E-state index is 0.104. The van der Waals surface area contributed by atoms with Gasteiger partial charge < -0.3 is 15.5 Å². The Morgan fingerprint density at radius 2 is 1.81 bits per heavy atom. The van der Waals surface area contributed by atoms with E-state index in [4.69, 9.17) is 0 Å². The quantitative estimate of drug-likeness (QED) is 0.670. The minimum atomic E-state index is -0.104. The molecule has 0 radical (unpaired) electrons. The van der Waals surface area contributed by atoms with Gasteiger partial charge in [0.1, 0.15) is 6.33 Å². The molecule has 1 aliphatic heterocycles. The first kappa shape index (κ1) is 19.5. The van der Waals surface area contributed by atoms with Gasteiger partial charge in [-0.2, -0.15) is 4.98 Å². The molecule has 0 unspecified atom stereocenters. The van der Waals surface area contributed by atoms with Gasteiger partial charge in [-0.15, -0.1) is 0 Å². The van der Waals surface area contributed by atoms with E-state index in [9.17, 15) is 4.79 Å². The van der Waals surface area contributed by atoms with Crippen LogP contribution in [0.4, 0.5) is 23.3 Å². The second kappa shape index (κ2) is 7.98. The number of aromatic nitrogens is 3. The number of hydrogen-bond acceptors (Lipinski definition) is 6. The van der Waals surface area contributed by atoms with Crippen molar-refractivity contribution in [3.05, 3.63) is 66.0 Å². The Hall–Kier alpha value is -3.48. The van der Waals surface area contributed by atoms with E-state index in [0.717, 1.165) is 37.3 Å². The van der Waals surface area contributed by atoms with Crippen molar-refractivity contribution in [2.45, 2.75) is 38.0 Å². The van der Waals surface area contributed by atoms with E-state index in [0.29, 0.717) is 17.3 Å². The highest BCUT2D eigenvalue weighted by Crippen LogP contribution is 2.46. The molecule has 0 saturated carbocycles. The highest BCUT2D eigenvalue weighted by molar-refractivity contribution is 5.89. The monoisotopic (exact) mass is 414 g/mol. The van der Waals surface area contributed by atoms with Gasteiger partial charge in [0, 0.05) is 31.4 Å². The number of anilines is 4. The summed E-state index contributed by atoms with van der Waals surface area (Å²) in [4.78, 5) is 26.9. The molecule has 0 atom stereocenters. The zero-order valence-corrected chi connectivity index (χ0v) is 17.6. The molecular formula is C24H26N6O. The van der Waals surface area contributed by atoms with Gasteiger partial charge in [-0.05, 0) is 60.4 Å². The van der Waals surface area contributed by atoms with Crippen molar-refractivity contribution in [2.24, 2.45) is 0 Å². The van der Waals surface area contributed by atoms with Crippen molar-refractivity contribution in [1.82, 2.24) is 15.0 Å². The number of amides is 1. The van der Waals surface area contributed by atoms with Crippen LogP contribution in [0.2, 0.25) is 0 Å². The van der Waals surface area contributed by atoms with Crippen molar-refractivity contribution in [3.63, 3.8) is 0 Å². The van der Waals surface area contributed by atoms with Gasteiger partial charge in [-0.3, -0.25) is 4.79 Å². The smallest absolute Gasteiger partial charge is 0.231 e. The lowest BCUT2D eigenvalue weighted by atomic mass is 9.74. The summed E-state index contributed by atoms with van der Waals surface area (Å²) >= 11 is 0. The third kappa shape index (κ3) is 3.95. The highest BCUT2D eigenvalue weighted by atomic mass is 16.1. The molecule has 2 aromatic carbocycles. The average Bonchev–Trinajstić information content (AvgIpc) is 3.13. The fraction of sp³-hybridized carbons (Fsp3) is 0.333. The normalized spacial score (nSPS) is 16.7. The van der Waals surface area contributed by atoms with Gasteiger partial charge in [0.15, 0.2) is 0 Å². The molecule has 1 spiro atoms. The zero-order chi connectivity index (χ0) is 21.3. The molecule has 1 aliphatic carbocycles. The molecule has 5 rings (SSSR count). The third-order valence-electron chi connectivity index (χ3n) is 6.46. The first-order valence-electron chi connectivity index (χ1n) is 10.8. The molecular weight excluding hydrogens is 388 g/mol.